The van der Waals surface area contributed by atoms with E-state index in [0.717, 1.165) is 11.3 Å². The molecule has 1 aromatic carbocycles. The van der Waals surface area contributed by atoms with E-state index in [1.807, 2.05) is 19.1 Å². The van der Waals surface area contributed by atoms with Crippen LogP contribution >= 0.6 is 11.6 Å². The maximum atomic E-state index is 11.6. The van der Waals surface area contributed by atoms with Gasteiger partial charge in [0.15, 0.2) is 0 Å². The third kappa shape index (κ3) is 4.51. The molecule has 2 amide bonds. The van der Waals surface area contributed by atoms with Crippen LogP contribution in [0.3, 0.4) is 0 Å². The summed E-state index contributed by atoms with van der Waals surface area (Å²) >= 11 is 5.79. The van der Waals surface area contributed by atoms with Crippen LogP contribution in [0.5, 0.6) is 0 Å². The van der Waals surface area contributed by atoms with Crippen molar-refractivity contribution in [2.45, 2.75) is 20.0 Å². The van der Waals surface area contributed by atoms with Gasteiger partial charge in [-0.2, -0.15) is 0 Å². The fourth-order valence-corrected chi connectivity index (χ4v) is 1.75. The normalized spacial score (nSPS) is 10.1. The van der Waals surface area contributed by atoms with Gasteiger partial charge in [-0.15, -0.1) is 0 Å². The first kappa shape index (κ1) is 14.3. The largest absolute Gasteiger partial charge is 0.334 e. The Morgan fingerprint density at radius 1 is 1.15 bits per heavy atom. The Labute approximate surface area is 122 Å². The predicted octanol–water partition coefficient (Wildman–Crippen LogP) is 2.44. The Morgan fingerprint density at radius 2 is 1.85 bits per heavy atom. The van der Waals surface area contributed by atoms with Gasteiger partial charge in [-0.3, -0.25) is 0 Å². The molecule has 2 N–H and O–H groups in total. The van der Waals surface area contributed by atoms with Crippen LogP contribution in [0.4, 0.5) is 4.79 Å². The van der Waals surface area contributed by atoms with Crippen molar-refractivity contribution in [2.75, 3.05) is 0 Å². The highest BCUT2D eigenvalue weighted by atomic mass is 35.5. The van der Waals surface area contributed by atoms with Crippen molar-refractivity contribution in [1.82, 2.24) is 20.6 Å². The van der Waals surface area contributed by atoms with E-state index in [9.17, 15) is 4.79 Å². The van der Waals surface area contributed by atoms with Gasteiger partial charge in [0.1, 0.15) is 5.82 Å². The number of carbonyl (C=O) groups is 1. The van der Waals surface area contributed by atoms with E-state index in [0.29, 0.717) is 23.9 Å². The number of amides is 2. The molecule has 0 bridgehead atoms. The lowest BCUT2D eigenvalue weighted by atomic mass is 10.2. The molecule has 20 heavy (non-hydrogen) atoms. The van der Waals surface area contributed by atoms with Gasteiger partial charge in [-0.05, 0) is 30.7 Å². The van der Waals surface area contributed by atoms with Gasteiger partial charge in [-0.1, -0.05) is 23.7 Å². The Bertz CT molecular complexity index is 586. The van der Waals surface area contributed by atoms with Gasteiger partial charge in [0.05, 0.1) is 12.2 Å². The molecule has 0 spiro atoms. The second-order valence-electron chi connectivity index (χ2n) is 4.26. The summed E-state index contributed by atoms with van der Waals surface area (Å²) in [6.07, 6.45) is 1.67. The zero-order valence-electron chi connectivity index (χ0n) is 11.1. The van der Waals surface area contributed by atoms with Crippen molar-refractivity contribution in [3.05, 3.63) is 58.6 Å². The third-order valence-corrected chi connectivity index (χ3v) is 2.88. The summed E-state index contributed by atoms with van der Waals surface area (Å²) in [5, 5.41) is 6.19. The first-order valence-corrected chi connectivity index (χ1v) is 6.56. The molecule has 0 saturated carbocycles. The number of nitrogens with zero attached hydrogens (tertiary/aromatic N) is 2. The summed E-state index contributed by atoms with van der Waals surface area (Å²) in [5.74, 6) is 0.686. The molecule has 0 aliphatic rings. The maximum absolute atomic E-state index is 11.6. The second kappa shape index (κ2) is 6.86. The second-order valence-corrected chi connectivity index (χ2v) is 4.69. The Hall–Kier alpha value is -2.14. The SMILES string of the molecule is Cc1nccc(CNC(=O)NCc2ccc(Cl)cc2)n1. The lowest BCUT2D eigenvalue weighted by Crippen LogP contribution is -2.34. The van der Waals surface area contributed by atoms with Crippen LogP contribution < -0.4 is 10.6 Å². The van der Waals surface area contributed by atoms with Crippen molar-refractivity contribution in [2.24, 2.45) is 0 Å². The highest BCUT2D eigenvalue weighted by Gasteiger charge is 2.02. The Balaban J connectivity index is 1.77. The number of hydrogen-bond donors (Lipinski definition) is 2. The molecule has 0 unspecified atom stereocenters. The van der Waals surface area contributed by atoms with Crippen LogP contribution in [-0.2, 0) is 13.1 Å². The minimum absolute atomic E-state index is 0.240. The zero-order valence-corrected chi connectivity index (χ0v) is 11.8. The first-order chi connectivity index (χ1) is 9.63. The zero-order chi connectivity index (χ0) is 14.4. The van der Waals surface area contributed by atoms with E-state index in [1.54, 1.807) is 24.4 Å². The summed E-state index contributed by atoms with van der Waals surface area (Å²) in [7, 11) is 0. The average Bonchev–Trinajstić information content (AvgIpc) is 2.45. The fourth-order valence-electron chi connectivity index (χ4n) is 1.62. The highest BCUT2D eigenvalue weighted by Crippen LogP contribution is 2.08. The first-order valence-electron chi connectivity index (χ1n) is 6.18. The number of aryl methyl sites for hydroxylation is 1. The highest BCUT2D eigenvalue weighted by molar-refractivity contribution is 6.30. The Morgan fingerprint density at radius 3 is 2.55 bits per heavy atom. The van der Waals surface area contributed by atoms with E-state index in [4.69, 9.17) is 11.6 Å². The molecule has 104 valence electrons. The van der Waals surface area contributed by atoms with E-state index in [-0.39, 0.29) is 6.03 Å². The number of aromatic nitrogens is 2. The molecule has 6 heteroatoms. The summed E-state index contributed by atoms with van der Waals surface area (Å²) in [4.78, 5) is 19.9. The molecular weight excluding hydrogens is 276 g/mol. The summed E-state index contributed by atoms with van der Waals surface area (Å²) in [5.41, 5.74) is 1.77. The number of benzene rings is 1. The molecule has 0 fully saturated rings. The molecule has 1 aromatic heterocycles. The van der Waals surface area contributed by atoms with Crippen LogP contribution in [-0.4, -0.2) is 16.0 Å². The molecule has 0 radical (unpaired) electrons. The molecular formula is C14H15ClN4O. The van der Waals surface area contributed by atoms with Crippen molar-refractivity contribution >= 4 is 17.6 Å². The smallest absolute Gasteiger partial charge is 0.315 e. The predicted molar refractivity (Wildman–Crippen MR) is 77.3 cm³/mol. The lowest BCUT2D eigenvalue weighted by Gasteiger charge is -2.07. The summed E-state index contributed by atoms with van der Waals surface area (Å²) in [6, 6.07) is 8.86. The average molecular weight is 291 g/mol. The van der Waals surface area contributed by atoms with Gasteiger partial charge < -0.3 is 10.6 Å². The van der Waals surface area contributed by atoms with E-state index >= 15 is 0 Å². The van der Waals surface area contributed by atoms with Crippen LogP contribution in [0, 0.1) is 6.92 Å². The van der Waals surface area contributed by atoms with Crippen LogP contribution in [0.2, 0.25) is 5.02 Å². The standard InChI is InChI=1S/C14H15ClN4O/c1-10-16-7-6-13(19-10)9-18-14(20)17-8-11-2-4-12(15)5-3-11/h2-7H,8-9H2,1H3,(H2,17,18,20). The molecule has 0 aliphatic carbocycles. The van der Waals surface area contributed by atoms with Crippen LogP contribution in [0.15, 0.2) is 36.5 Å². The van der Waals surface area contributed by atoms with Crippen molar-refractivity contribution in [3.8, 4) is 0 Å². The fraction of sp³-hybridized carbons (Fsp3) is 0.214. The lowest BCUT2D eigenvalue weighted by molar-refractivity contribution is 0.240. The molecule has 1 heterocycles. The molecule has 2 rings (SSSR count). The van der Waals surface area contributed by atoms with Gasteiger partial charge in [0, 0.05) is 17.8 Å². The molecule has 2 aromatic rings. The number of hydrogen-bond acceptors (Lipinski definition) is 3. The number of rotatable bonds is 4. The van der Waals surface area contributed by atoms with Gasteiger partial charge in [-0.25, -0.2) is 14.8 Å². The van der Waals surface area contributed by atoms with Crippen molar-refractivity contribution < 1.29 is 4.79 Å². The van der Waals surface area contributed by atoms with E-state index in [1.165, 1.54) is 0 Å². The minimum Gasteiger partial charge on any atom is -0.334 e. The number of urea groups is 1. The van der Waals surface area contributed by atoms with Gasteiger partial charge >= 0.3 is 6.03 Å². The topological polar surface area (TPSA) is 66.9 Å². The number of halogens is 1. The van der Waals surface area contributed by atoms with Crippen LogP contribution in [0.25, 0.3) is 0 Å². The van der Waals surface area contributed by atoms with Crippen molar-refractivity contribution in [1.29, 1.82) is 0 Å². The molecule has 0 aliphatic heterocycles. The van der Waals surface area contributed by atoms with E-state index < -0.39 is 0 Å². The van der Waals surface area contributed by atoms with Crippen LogP contribution in [0.1, 0.15) is 17.1 Å². The van der Waals surface area contributed by atoms with Crippen molar-refractivity contribution in [3.63, 3.8) is 0 Å². The van der Waals surface area contributed by atoms with Gasteiger partial charge in [0.2, 0.25) is 0 Å². The van der Waals surface area contributed by atoms with Gasteiger partial charge in [0.25, 0.3) is 0 Å². The summed E-state index contributed by atoms with van der Waals surface area (Å²) < 4.78 is 0. The molecule has 5 nitrogen and oxygen atoms in total. The number of nitrogens with one attached hydrogen (secondary N) is 2. The van der Waals surface area contributed by atoms with E-state index in [2.05, 4.69) is 20.6 Å². The number of carbonyl (C=O) groups excluding carboxylic acids is 1. The molecule has 0 saturated heterocycles. The monoisotopic (exact) mass is 290 g/mol. The third-order valence-electron chi connectivity index (χ3n) is 2.63. The maximum Gasteiger partial charge on any atom is 0.315 e. The Kier molecular flexibility index (Phi) is 4.90. The quantitative estimate of drug-likeness (QED) is 0.909. The minimum atomic E-state index is -0.240. The summed E-state index contributed by atoms with van der Waals surface area (Å²) in [6.45, 7) is 2.63. The molecule has 0 atom stereocenters.